The number of nitrogens with one attached hydrogen (secondary N) is 1. The molecule has 0 radical (unpaired) electrons. The molecule has 4 aromatic heterocycles. The molecule has 4 rings (SSSR count). The van der Waals surface area contributed by atoms with Crippen LogP contribution in [0.3, 0.4) is 0 Å². The van der Waals surface area contributed by atoms with E-state index in [-0.39, 0.29) is 0 Å². The number of anilines is 1. The molecule has 0 amide bonds. The molecule has 4 aromatic rings. The Morgan fingerprint density at radius 1 is 1.27 bits per heavy atom. The lowest BCUT2D eigenvalue weighted by molar-refractivity contribution is 0.360. The van der Waals surface area contributed by atoms with Crippen molar-refractivity contribution in [1.82, 2.24) is 29.5 Å². The summed E-state index contributed by atoms with van der Waals surface area (Å²) in [6, 6.07) is 3.59. The number of nitrogens with two attached hydrogens (primary N) is 1. The molecule has 0 spiro atoms. The van der Waals surface area contributed by atoms with Gasteiger partial charge in [-0.1, -0.05) is 0 Å². The fourth-order valence-corrected chi connectivity index (χ4v) is 2.49. The lowest BCUT2D eigenvalue weighted by Gasteiger charge is -2.04. The molecule has 8 heteroatoms. The zero-order valence-electron chi connectivity index (χ0n) is 11.7. The van der Waals surface area contributed by atoms with Gasteiger partial charge in [0.05, 0.1) is 23.0 Å². The van der Waals surface area contributed by atoms with E-state index in [4.69, 9.17) is 5.73 Å². The van der Waals surface area contributed by atoms with Crippen LogP contribution < -0.4 is 5.73 Å². The van der Waals surface area contributed by atoms with Crippen LogP contribution in [0.15, 0.2) is 30.9 Å². The Morgan fingerprint density at radius 3 is 2.95 bits per heavy atom. The Morgan fingerprint density at radius 2 is 2.14 bits per heavy atom. The molecule has 3 N–H and O–H groups in total. The van der Waals surface area contributed by atoms with Crippen LogP contribution in [-0.2, 0) is 0 Å². The maximum atomic E-state index is 13.6. The van der Waals surface area contributed by atoms with Crippen LogP contribution in [0.1, 0.15) is 18.8 Å². The van der Waals surface area contributed by atoms with Crippen LogP contribution in [0.4, 0.5) is 10.2 Å². The van der Waals surface area contributed by atoms with E-state index in [1.165, 1.54) is 24.0 Å². The SMILES string of the molecule is CC(F)c1cnc2ccc(-c3c[nH]c4ncnc(N)c34)nn12. The van der Waals surface area contributed by atoms with Crippen molar-refractivity contribution in [2.24, 2.45) is 0 Å². The van der Waals surface area contributed by atoms with Crippen LogP contribution in [0.25, 0.3) is 27.9 Å². The number of hydrogen-bond donors (Lipinski definition) is 2. The average Bonchev–Trinajstić information content (AvgIpc) is 3.11. The van der Waals surface area contributed by atoms with Gasteiger partial charge in [0, 0.05) is 11.8 Å². The van der Waals surface area contributed by atoms with E-state index in [1.54, 1.807) is 12.3 Å². The summed E-state index contributed by atoms with van der Waals surface area (Å²) in [5, 5.41) is 5.17. The van der Waals surface area contributed by atoms with Gasteiger partial charge < -0.3 is 10.7 Å². The highest BCUT2D eigenvalue weighted by Crippen LogP contribution is 2.29. The van der Waals surface area contributed by atoms with Crippen molar-refractivity contribution in [2.45, 2.75) is 13.1 Å². The van der Waals surface area contributed by atoms with Gasteiger partial charge >= 0.3 is 0 Å². The summed E-state index contributed by atoms with van der Waals surface area (Å²) in [4.78, 5) is 15.3. The van der Waals surface area contributed by atoms with Crippen molar-refractivity contribution in [3.8, 4) is 11.3 Å². The van der Waals surface area contributed by atoms with Gasteiger partial charge in [0.25, 0.3) is 0 Å². The Labute approximate surface area is 124 Å². The summed E-state index contributed by atoms with van der Waals surface area (Å²) in [6.45, 7) is 1.45. The van der Waals surface area contributed by atoms with E-state index in [1.807, 2.05) is 6.07 Å². The summed E-state index contributed by atoms with van der Waals surface area (Å²) >= 11 is 0. The first kappa shape index (κ1) is 12.7. The number of aromatic nitrogens is 6. The molecule has 7 nitrogen and oxygen atoms in total. The highest BCUT2D eigenvalue weighted by atomic mass is 19.1. The largest absolute Gasteiger partial charge is 0.383 e. The van der Waals surface area contributed by atoms with E-state index in [0.717, 1.165) is 5.56 Å². The van der Waals surface area contributed by atoms with Gasteiger partial charge in [-0.05, 0) is 19.1 Å². The number of H-pyrrole nitrogens is 1. The third kappa shape index (κ3) is 1.73. The number of fused-ring (bicyclic) bond motifs is 2. The molecule has 1 unspecified atom stereocenters. The summed E-state index contributed by atoms with van der Waals surface area (Å²) in [6.07, 6.45) is 3.49. The summed E-state index contributed by atoms with van der Waals surface area (Å²) in [7, 11) is 0. The number of halogens is 1. The molecule has 1 atom stereocenters. The Kier molecular flexibility index (Phi) is 2.59. The Bertz CT molecular complexity index is 985. The van der Waals surface area contributed by atoms with Crippen molar-refractivity contribution in [3.63, 3.8) is 0 Å². The number of aromatic amines is 1. The highest BCUT2D eigenvalue weighted by Gasteiger charge is 2.15. The summed E-state index contributed by atoms with van der Waals surface area (Å²) in [5.74, 6) is 0.368. The zero-order chi connectivity index (χ0) is 15.3. The fraction of sp³-hybridized carbons (Fsp3) is 0.143. The number of nitrogen functional groups attached to an aromatic ring is 1. The topological polar surface area (TPSA) is 97.8 Å². The lowest BCUT2D eigenvalue weighted by atomic mass is 10.1. The van der Waals surface area contributed by atoms with Crippen molar-refractivity contribution in [1.29, 1.82) is 0 Å². The monoisotopic (exact) mass is 297 g/mol. The van der Waals surface area contributed by atoms with Crippen molar-refractivity contribution in [2.75, 3.05) is 5.73 Å². The maximum absolute atomic E-state index is 13.6. The molecule has 0 aliphatic heterocycles. The Balaban J connectivity index is 1.98. The second-order valence-electron chi connectivity index (χ2n) is 4.97. The van der Waals surface area contributed by atoms with E-state index >= 15 is 0 Å². The van der Waals surface area contributed by atoms with E-state index < -0.39 is 6.17 Å². The molecular formula is C14H12FN7. The van der Waals surface area contributed by atoms with Crippen LogP contribution in [-0.4, -0.2) is 29.5 Å². The van der Waals surface area contributed by atoms with Gasteiger partial charge in [0.2, 0.25) is 0 Å². The molecule has 0 saturated carbocycles. The molecule has 0 fully saturated rings. The van der Waals surface area contributed by atoms with Crippen LogP contribution in [0, 0.1) is 0 Å². The summed E-state index contributed by atoms with van der Waals surface area (Å²) < 4.78 is 15.1. The number of alkyl halides is 1. The van der Waals surface area contributed by atoms with Crippen molar-refractivity contribution < 1.29 is 4.39 Å². The van der Waals surface area contributed by atoms with E-state index in [0.29, 0.717) is 33.9 Å². The Hall–Kier alpha value is -3.03. The summed E-state index contributed by atoms with van der Waals surface area (Å²) in [5.41, 5.74) is 8.96. The maximum Gasteiger partial charge on any atom is 0.153 e. The van der Waals surface area contributed by atoms with E-state index in [9.17, 15) is 4.39 Å². The fourth-order valence-electron chi connectivity index (χ4n) is 2.49. The molecule has 0 aliphatic carbocycles. The minimum absolute atomic E-state index is 0.368. The first-order valence-corrected chi connectivity index (χ1v) is 6.72. The number of nitrogens with zero attached hydrogens (tertiary/aromatic N) is 5. The zero-order valence-corrected chi connectivity index (χ0v) is 11.7. The molecular weight excluding hydrogens is 285 g/mol. The number of imidazole rings is 1. The molecule has 22 heavy (non-hydrogen) atoms. The predicted octanol–water partition coefficient (Wildman–Crippen LogP) is 2.28. The molecule has 0 aliphatic rings. The third-order valence-corrected chi connectivity index (χ3v) is 3.57. The molecule has 0 aromatic carbocycles. The molecule has 0 saturated heterocycles. The predicted molar refractivity (Wildman–Crippen MR) is 79.8 cm³/mol. The van der Waals surface area contributed by atoms with Gasteiger partial charge in [-0.2, -0.15) is 5.10 Å². The molecule has 0 bridgehead atoms. The quantitative estimate of drug-likeness (QED) is 0.591. The van der Waals surface area contributed by atoms with Crippen molar-refractivity contribution in [3.05, 3.63) is 36.5 Å². The molecule has 4 heterocycles. The smallest absolute Gasteiger partial charge is 0.153 e. The van der Waals surface area contributed by atoms with E-state index in [2.05, 4.69) is 25.0 Å². The second kappa shape index (κ2) is 4.48. The van der Waals surface area contributed by atoms with Crippen LogP contribution >= 0.6 is 0 Å². The van der Waals surface area contributed by atoms with Gasteiger partial charge in [-0.15, -0.1) is 0 Å². The first-order valence-electron chi connectivity index (χ1n) is 6.72. The van der Waals surface area contributed by atoms with Gasteiger partial charge in [-0.25, -0.2) is 23.9 Å². The minimum atomic E-state index is -1.16. The second-order valence-corrected chi connectivity index (χ2v) is 4.97. The van der Waals surface area contributed by atoms with Crippen LogP contribution in [0.5, 0.6) is 0 Å². The first-order chi connectivity index (χ1) is 10.6. The van der Waals surface area contributed by atoms with Crippen molar-refractivity contribution >= 4 is 22.5 Å². The number of hydrogen-bond acceptors (Lipinski definition) is 5. The average molecular weight is 297 g/mol. The van der Waals surface area contributed by atoms with Crippen LogP contribution in [0.2, 0.25) is 0 Å². The third-order valence-electron chi connectivity index (χ3n) is 3.57. The lowest BCUT2D eigenvalue weighted by Crippen LogP contribution is -2.00. The standard InChI is InChI=1S/C14H12FN7/c1-7(15)10-5-17-11-3-2-9(21-22(10)11)8-4-18-14-12(8)13(16)19-6-20-14/h2-7H,1H3,(H3,16,18,19,20). The highest BCUT2D eigenvalue weighted by molar-refractivity contribution is 5.99. The number of rotatable bonds is 2. The molecule has 110 valence electrons. The minimum Gasteiger partial charge on any atom is -0.383 e. The normalized spacial score (nSPS) is 13.0. The van der Waals surface area contributed by atoms with Gasteiger partial charge in [-0.3, -0.25) is 0 Å². The van der Waals surface area contributed by atoms with Gasteiger partial charge in [0.1, 0.15) is 24.0 Å². The van der Waals surface area contributed by atoms with Gasteiger partial charge in [0.15, 0.2) is 5.65 Å².